The van der Waals surface area contributed by atoms with Gasteiger partial charge in [-0.25, -0.2) is 4.79 Å². The molecule has 0 spiro atoms. The number of carbonyl (C=O) groups is 1. The number of urea groups is 1. The zero-order valence-corrected chi connectivity index (χ0v) is 14.7. The molecule has 4 nitrogen and oxygen atoms in total. The molecule has 1 aliphatic heterocycles. The topological polar surface area (TPSA) is 52.6 Å². The van der Waals surface area contributed by atoms with Crippen LogP contribution in [0.5, 0.6) is 0 Å². The lowest BCUT2D eigenvalue weighted by molar-refractivity contribution is 0.0542. The summed E-state index contributed by atoms with van der Waals surface area (Å²) in [7, 11) is 0. The second-order valence-electron chi connectivity index (χ2n) is 6.59. The van der Waals surface area contributed by atoms with Crippen LogP contribution in [-0.2, 0) is 12.8 Å². The smallest absolute Gasteiger partial charge is 0.321 e. The van der Waals surface area contributed by atoms with Gasteiger partial charge in [0.2, 0.25) is 0 Å². The molecule has 23 heavy (non-hydrogen) atoms. The molecule has 1 heterocycles. The lowest BCUT2D eigenvalue weighted by Crippen LogP contribution is -2.46. The van der Waals surface area contributed by atoms with E-state index in [1.165, 1.54) is 11.1 Å². The fourth-order valence-corrected chi connectivity index (χ4v) is 3.40. The Morgan fingerprint density at radius 3 is 2.17 bits per heavy atom. The largest absolute Gasteiger partial charge is 0.396 e. The van der Waals surface area contributed by atoms with Gasteiger partial charge in [-0.05, 0) is 48.6 Å². The molecule has 0 aromatic heterocycles. The molecule has 2 N–H and O–H groups in total. The number of carbonyl (C=O) groups excluding carboxylic acids is 1. The van der Waals surface area contributed by atoms with Gasteiger partial charge in [0, 0.05) is 25.4 Å². The minimum atomic E-state index is -0.0109. The Balaban J connectivity index is 2.06. The third kappa shape index (κ3) is 3.86. The van der Waals surface area contributed by atoms with E-state index in [4.69, 9.17) is 0 Å². The van der Waals surface area contributed by atoms with E-state index in [1.807, 2.05) is 4.90 Å². The first kappa shape index (κ1) is 17.8. The molecule has 128 valence electrons. The molecular formula is C19H30N2O2. The quantitative estimate of drug-likeness (QED) is 0.867. The van der Waals surface area contributed by atoms with Crippen LogP contribution in [0.25, 0.3) is 0 Å². The normalized spacial score (nSPS) is 17.1. The van der Waals surface area contributed by atoms with Crippen molar-refractivity contribution < 1.29 is 9.90 Å². The molecule has 0 saturated carbocycles. The molecule has 1 saturated heterocycles. The van der Waals surface area contributed by atoms with Crippen molar-refractivity contribution in [3.8, 4) is 0 Å². The average Bonchev–Trinajstić information content (AvgIpc) is 2.61. The highest BCUT2D eigenvalue weighted by Crippen LogP contribution is 2.34. The lowest BCUT2D eigenvalue weighted by Gasteiger charge is -2.40. The molecule has 0 aliphatic carbocycles. The molecule has 0 bridgehead atoms. The number of rotatable bonds is 5. The van der Waals surface area contributed by atoms with Crippen LogP contribution in [0, 0.1) is 5.41 Å². The average molecular weight is 318 g/mol. The molecule has 2 rings (SSSR count). The Bertz CT molecular complexity index is 506. The maximum absolute atomic E-state index is 12.6. The number of aliphatic hydroxyl groups excluding tert-OH is 1. The maximum atomic E-state index is 12.6. The first-order valence-corrected chi connectivity index (χ1v) is 8.86. The van der Waals surface area contributed by atoms with Gasteiger partial charge in [0.1, 0.15) is 0 Å². The minimum absolute atomic E-state index is 0.00663. The highest BCUT2D eigenvalue weighted by atomic mass is 16.3. The number of aryl methyl sites for hydroxylation is 2. The number of anilines is 1. The number of piperidine rings is 1. The molecular weight excluding hydrogens is 288 g/mol. The monoisotopic (exact) mass is 318 g/mol. The highest BCUT2D eigenvalue weighted by Gasteiger charge is 2.34. The molecule has 0 atom stereocenters. The van der Waals surface area contributed by atoms with Crippen LogP contribution in [0.4, 0.5) is 10.5 Å². The zero-order chi connectivity index (χ0) is 16.9. The SMILES string of the molecule is CCc1cccc(CC)c1NC(=O)N1CCC(CC)(CO)CC1. The lowest BCUT2D eigenvalue weighted by atomic mass is 9.77. The van der Waals surface area contributed by atoms with Gasteiger partial charge >= 0.3 is 6.03 Å². The van der Waals surface area contributed by atoms with Crippen molar-refractivity contribution in [2.75, 3.05) is 25.0 Å². The Labute approximate surface area is 139 Å². The molecule has 1 aromatic carbocycles. The van der Waals surface area contributed by atoms with Gasteiger partial charge in [0.25, 0.3) is 0 Å². The fraction of sp³-hybridized carbons (Fsp3) is 0.632. The highest BCUT2D eigenvalue weighted by molar-refractivity contribution is 5.91. The van der Waals surface area contributed by atoms with Crippen molar-refractivity contribution in [2.45, 2.75) is 52.9 Å². The van der Waals surface area contributed by atoms with Gasteiger partial charge in [-0.15, -0.1) is 0 Å². The number of benzene rings is 1. The second-order valence-corrected chi connectivity index (χ2v) is 6.59. The van der Waals surface area contributed by atoms with E-state index in [9.17, 15) is 9.90 Å². The van der Waals surface area contributed by atoms with Crippen molar-refractivity contribution in [2.24, 2.45) is 5.41 Å². The van der Waals surface area contributed by atoms with Gasteiger partial charge in [-0.1, -0.05) is 39.0 Å². The van der Waals surface area contributed by atoms with Crippen LogP contribution >= 0.6 is 0 Å². The number of aliphatic hydroxyl groups is 1. The first-order valence-electron chi connectivity index (χ1n) is 8.86. The van der Waals surface area contributed by atoms with Gasteiger partial charge in [0.05, 0.1) is 0 Å². The summed E-state index contributed by atoms with van der Waals surface area (Å²) in [5.41, 5.74) is 3.37. The fourth-order valence-electron chi connectivity index (χ4n) is 3.40. The van der Waals surface area contributed by atoms with Crippen molar-refractivity contribution >= 4 is 11.7 Å². The molecule has 0 unspecified atom stereocenters. The molecule has 4 heteroatoms. The first-order chi connectivity index (χ1) is 11.1. The zero-order valence-electron chi connectivity index (χ0n) is 14.7. The van der Waals surface area contributed by atoms with E-state index >= 15 is 0 Å². The number of hydrogen-bond acceptors (Lipinski definition) is 2. The number of hydrogen-bond donors (Lipinski definition) is 2. The van der Waals surface area contributed by atoms with Crippen molar-refractivity contribution in [1.82, 2.24) is 4.90 Å². The number of para-hydroxylation sites is 1. The van der Waals surface area contributed by atoms with Crippen LogP contribution in [0.3, 0.4) is 0 Å². The van der Waals surface area contributed by atoms with Crippen molar-refractivity contribution in [3.05, 3.63) is 29.3 Å². The van der Waals surface area contributed by atoms with Crippen LogP contribution in [-0.4, -0.2) is 35.7 Å². The van der Waals surface area contributed by atoms with Crippen LogP contribution < -0.4 is 5.32 Å². The van der Waals surface area contributed by atoms with Gasteiger partial charge < -0.3 is 15.3 Å². The number of nitrogens with zero attached hydrogens (tertiary/aromatic N) is 1. The van der Waals surface area contributed by atoms with E-state index in [2.05, 4.69) is 44.3 Å². The van der Waals surface area contributed by atoms with E-state index < -0.39 is 0 Å². The summed E-state index contributed by atoms with van der Waals surface area (Å²) < 4.78 is 0. The predicted octanol–water partition coefficient (Wildman–Crippen LogP) is 3.83. The Morgan fingerprint density at radius 2 is 1.74 bits per heavy atom. The summed E-state index contributed by atoms with van der Waals surface area (Å²) in [4.78, 5) is 14.5. The summed E-state index contributed by atoms with van der Waals surface area (Å²) in [6.07, 6.45) is 4.55. The summed E-state index contributed by atoms with van der Waals surface area (Å²) in [6.45, 7) is 8.00. The standard InChI is InChI=1S/C19H30N2O2/c1-4-15-8-7-9-16(5-2)17(15)20-18(23)21-12-10-19(6-3,14-22)11-13-21/h7-9,22H,4-6,10-14H2,1-3H3,(H,20,23). The minimum Gasteiger partial charge on any atom is -0.396 e. The van der Waals surface area contributed by atoms with Gasteiger partial charge in [-0.2, -0.15) is 0 Å². The van der Waals surface area contributed by atoms with E-state index in [0.717, 1.165) is 50.9 Å². The van der Waals surface area contributed by atoms with Gasteiger partial charge in [0.15, 0.2) is 0 Å². The van der Waals surface area contributed by atoms with Crippen LogP contribution in [0.2, 0.25) is 0 Å². The number of likely N-dealkylation sites (tertiary alicyclic amines) is 1. The molecule has 0 radical (unpaired) electrons. The third-order valence-electron chi connectivity index (χ3n) is 5.43. The summed E-state index contributed by atoms with van der Waals surface area (Å²) in [5.74, 6) is 0. The number of nitrogens with one attached hydrogen (secondary N) is 1. The molecule has 1 aliphatic rings. The third-order valence-corrected chi connectivity index (χ3v) is 5.43. The van der Waals surface area contributed by atoms with Crippen LogP contribution in [0.15, 0.2) is 18.2 Å². The molecule has 2 amide bonds. The molecule has 1 aromatic rings. The Kier molecular flexibility index (Phi) is 6.05. The summed E-state index contributed by atoms with van der Waals surface area (Å²) in [6, 6.07) is 6.21. The number of amides is 2. The van der Waals surface area contributed by atoms with Crippen molar-refractivity contribution in [3.63, 3.8) is 0 Å². The maximum Gasteiger partial charge on any atom is 0.321 e. The van der Waals surface area contributed by atoms with E-state index in [-0.39, 0.29) is 18.1 Å². The van der Waals surface area contributed by atoms with Crippen LogP contribution in [0.1, 0.15) is 51.2 Å². The molecule has 1 fully saturated rings. The summed E-state index contributed by atoms with van der Waals surface area (Å²) >= 11 is 0. The van der Waals surface area contributed by atoms with Gasteiger partial charge in [-0.3, -0.25) is 0 Å². The van der Waals surface area contributed by atoms with Crippen molar-refractivity contribution in [1.29, 1.82) is 0 Å². The Hall–Kier alpha value is -1.55. The van der Waals surface area contributed by atoms with E-state index in [0.29, 0.717) is 0 Å². The predicted molar refractivity (Wildman–Crippen MR) is 94.8 cm³/mol. The summed E-state index contributed by atoms with van der Waals surface area (Å²) in [5, 5.41) is 12.8. The van der Waals surface area contributed by atoms with E-state index in [1.54, 1.807) is 0 Å². The second kappa shape index (κ2) is 7.82. The Morgan fingerprint density at radius 1 is 1.17 bits per heavy atom.